The summed E-state index contributed by atoms with van der Waals surface area (Å²) < 4.78 is 41.2. The number of rotatable bonds is 11. The summed E-state index contributed by atoms with van der Waals surface area (Å²) in [6.07, 6.45) is 6.33. The second-order valence-corrected chi connectivity index (χ2v) is 7.45. The molecule has 0 unspecified atom stereocenters. The van der Waals surface area contributed by atoms with Crippen LogP contribution in [0.1, 0.15) is 21.5 Å². The Morgan fingerprint density at radius 3 is 1.86 bits per heavy atom. The molecule has 0 bridgehead atoms. The number of methoxy groups -OCH3 is 5. The van der Waals surface area contributed by atoms with Gasteiger partial charge in [-0.2, -0.15) is 0 Å². The van der Waals surface area contributed by atoms with Crippen molar-refractivity contribution < 1.29 is 32.9 Å². The Morgan fingerprint density at radius 1 is 0.750 bits per heavy atom. The van der Waals surface area contributed by atoms with Crippen LogP contribution in [0.2, 0.25) is 0 Å². The van der Waals surface area contributed by atoms with Gasteiger partial charge < -0.3 is 29.0 Å². The van der Waals surface area contributed by atoms with Crippen LogP contribution in [0.25, 0.3) is 12.2 Å². The van der Waals surface area contributed by atoms with Crippen molar-refractivity contribution in [1.82, 2.24) is 0 Å². The Balaban J connectivity index is 1.83. The molecule has 0 aliphatic carbocycles. The molecule has 0 amide bonds. The molecule has 1 N–H and O–H groups in total. The minimum absolute atomic E-state index is 0.0292. The Kier molecular flexibility index (Phi) is 8.94. The molecule has 0 radical (unpaired) electrons. The molecule has 0 saturated heterocycles. The third kappa shape index (κ3) is 6.15. The summed E-state index contributed by atoms with van der Waals surface area (Å²) in [6.45, 7) is 0. The third-order valence-corrected chi connectivity index (χ3v) is 5.27. The average molecular weight is 494 g/mol. The molecule has 0 aromatic heterocycles. The molecule has 3 aromatic rings. The number of ketones is 1. The van der Waals surface area contributed by atoms with Gasteiger partial charge in [-0.05, 0) is 59.7 Å². The van der Waals surface area contributed by atoms with Crippen LogP contribution in [0.15, 0.2) is 60.8 Å². The van der Waals surface area contributed by atoms with E-state index in [2.05, 4.69) is 5.32 Å². The standard InChI is InChI=1S/C28H28FNO6/c1-32-21-10-8-20(9-11-21)24(31)12-13-30-23-15-18(14-22(29)27(23)35-4)6-7-19-16-25(33-2)28(36-5)26(17-19)34-3/h6-17,30H,1-5H3/b7-6-,13-12-. The van der Waals surface area contributed by atoms with Gasteiger partial charge in [-0.1, -0.05) is 12.2 Å². The van der Waals surface area contributed by atoms with Crippen molar-refractivity contribution in [2.45, 2.75) is 0 Å². The van der Waals surface area contributed by atoms with Gasteiger partial charge in [0.15, 0.2) is 28.8 Å². The second-order valence-electron chi connectivity index (χ2n) is 7.45. The smallest absolute Gasteiger partial charge is 0.203 e. The van der Waals surface area contributed by atoms with E-state index in [9.17, 15) is 9.18 Å². The first-order valence-corrected chi connectivity index (χ1v) is 10.9. The number of carbonyl (C=O) groups is 1. The summed E-state index contributed by atoms with van der Waals surface area (Å²) in [4.78, 5) is 12.4. The molecule has 0 spiro atoms. The van der Waals surface area contributed by atoms with Crippen molar-refractivity contribution in [3.63, 3.8) is 0 Å². The van der Waals surface area contributed by atoms with Crippen molar-refractivity contribution in [2.24, 2.45) is 0 Å². The molecule has 3 rings (SSSR count). The first kappa shape index (κ1) is 26.2. The lowest BCUT2D eigenvalue weighted by atomic mass is 10.1. The molecule has 0 fully saturated rings. The second kappa shape index (κ2) is 12.3. The van der Waals surface area contributed by atoms with Crippen LogP contribution in [0.3, 0.4) is 0 Å². The predicted molar refractivity (Wildman–Crippen MR) is 138 cm³/mol. The van der Waals surface area contributed by atoms with Crippen LogP contribution in [0.4, 0.5) is 10.1 Å². The summed E-state index contributed by atoms with van der Waals surface area (Å²) in [5.74, 6) is 1.41. The Hall–Kier alpha value is -4.46. The quantitative estimate of drug-likeness (QED) is 0.204. The van der Waals surface area contributed by atoms with E-state index in [1.54, 1.807) is 61.7 Å². The maximum Gasteiger partial charge on any atom is 0.203 e. The maximum absolute atomic E-state index is 14.7. The van der Waals surface area contributed by atoms with E-state index >= 15 is 0 Å². The summed E-state index contributed by atoms with van der Waals surface area (Å²) in [7, 11) is 7.54. The zero-order valence-corrected chi connectivity index (χ0v) is 20.8. The normalized spacial score (nSPS) is 10.9. The summed E-state index contributed by atoms with van der Waals surface area (Å²) >= 11 is 0. The first-order valence-electron chi connectivity index (χ1n) is 10.9. The molecule has 0 heterocycles. The number of carbonyl (C=O) groups excluding carboxylic acids is 1. The van der Waals surface area contributed by atoms with E-state index in [1.807, 2.05) is 0 Å². The number of benzene rings is 3. The number of nitrogens with one attached hydrogen (secondary N) is 1. The molecule has 7 nitrogen and oxygen atoms in total. The minimum Gasteiger partial charge on any atom is -0.497 e. The molecular weight excluding hydrogens is 465 g/mol. The summed E-state index contributed by atoms with van der Waals surface area (Å²) in [6, 6.07) is 13.4. The summed E-state index contributed by atoms with van der Waals surface area (Å²) in [5, 5.41) is 2.94. The van der Waals surface area contributed by atoms with E-state index in [0.29, 0.717) is 39.8 Å². The zero-order chi connectivity index (χ0) is 26.1. The fraction of sp³-hybridized carbons (Fsp3) is 0.179. The van der Waals surface area contributed by atoms with Gasteiger partial charge >= 0.3 is 0 Å². The van der Waals surface area contributed by atoms with Gasteiger partial charge in [0.05, 0.1) is 41.2 Å². The highest BCUT2D eigenvalue weighted by Gasteiger charge is 2.13. The van der Waals surface area contributed by atoms with Gasteiger partial charge in [-0.3, -0.25) is 4.79 Å². The van der Waals surface area contributed by atoms with Crippen molar-refractivity contribution in [3.05, 3.63) is 83.3 Å². The molecule has 188 valence electrons. The van der Waals surface area contributed by atoms with Crippen molar-refractivity contribution in [3.8, 4) is 28.7 Å². The average Bonchev–Trinajstić information content (AvgIpc) is 2.91. The number of ether oxygens (including phenoxy) is 5. The Bertz CT molecular complexity index is 1240. The Morgan fingerprint density at radius 2 is 1.33 bits per heavy atom. The van der Waals surface area contributed by atoms with Crippen molar-refractivity contribution >= 4 is 23.6 Å². The molecule has 0 aliphatic heterocycles. The molecule has 0 saturated carbocycles. The van der Waals surface area contributed by atoms with Gasteiger partial charge in [0, 0.05) is 17.8 Å². The first-order chi connectivity index (χ1) is 17.4. The molecule has 3 aromatic carbocycles. The molecular formula is C28H28FNO6. The lowest BCUT2D eigenvalue weighted by Gasteiger charge is -2.13. The Labute approximate surface area is 209 Å². The predicted octanol–water partition coefficient (Wildman–Crippen LogP) is 5.85. The van der Waals surface area contributed by atoms with E-state index in [1.165, 1.54) is 46.8 Å². The topological polar surface area (TPSA) is 75.3 Å². The fourth-order valence-corrected chi connectivity index (χ4v) is 3.47. The van der Waals surface area contributed by atoms with Crippen molar-refractivity contribution in [1.29, 1.82) is 0 Å². The van der Waals surface area contributed by atoms with Gasteiger partial charge in [-0.25, -0.2) is 4.39 Å². The lowest BCUT2D eigenvalue weighted by molar-refractivity contribution is 0.104. The molecule has 36 heavy (non-hydrogen) atoms. The van der Waals surface area contributed by atoms with E-state index < -0.39 is 5.82 Å². The van der Waals surface area contributed by atoms with Gasteiger partial charge in [0.25, 0.3) is 0 Å². The molecule has 0 aliphatic rings. The van der Waals surface area contributed by atoms with Crippen LogP contribution in [-0.4, -0.2) is 41.3 Å². The highest BCUT2D eigenvalue weighted by molar-refractivity contribution is 6.04. The number of halogens is 1. The van der Waals surface area contributed by atoms with E-state index in [4.69, 9.17) is 23.7 Å². The SMILES string of the molecule is COc1ccc(C(=O)/C=C\Nc2cc(/C=C\c3cc(OC)c(OC)c(OC)c3)cc(F)c2OC)cc1. The number of hydrogen-bond donors (Lipinski definition) is 1. The monoisotopic (exact) mass is 493 g/mol. The number of allylic oxidation sites excluding steroid dienone is 1. The molecule has 0 atom stereocenters. The zero-order valence-electron chi connectivity index (χ0n) is 20.8. The van der Waals surface area contributed by atoms with Gasteiger partial charge in [0.1, 0.15) is 5.75 Å². The van der Waals surface area contributed by atoms with Gasteiger partial charge in [-0.15, -0.1) is 0 Å². The van der Waals surface area contributed by atoms with Gasteiger partial charge in [0.2, 0.25) is 5.75 Å². The fourth-order valence-electron chi connectivity index (χ4n) is 3.47. The van der Waals surface area contributed by atoms with Crippen molar-refractivity contribution in [2.75, 3.05) is 40.9 Å². The highest BCUT2D eigenvalue weighted by atomic mass is 19.1. The van der Waals surface area contributed by atoms with Crippen LogP contribution in [-0.2, 0) is 0 Å². The highest BCUT2D eigenvalue weighted by Crippen LogP contribution is 2.39. The lowest BCUT2D eigenvalue weighted by Crippen LogP contribution is -1.99. The summed E-state index contributed by atoms with van der Waals surface area (Å²) in [5.41, 5.74) is 2.19. The number of hydrogen-bond acceptors (Lipinski definition) is 7. The number of anilines is 1. The molecule has 8 heteroatoms. The van der Waals surface area contributed by atoms with E-state index in [-0.39, 0.29) is 11.5 Å². The van der Waals surface area contributed by atoms with Crippen LogP contribution in [0.5, 0.6) is 28.7 Å². The van der Waals surface area contributed by atoms with Crippen LogP contribution >= 0.6 is 0 Å². The van der Waals surface area contributed by atoms with Crippen LogP contribution in [0, 0.1) is 5.82 Å². The van der Waals surface area contributed by atoms with E-state index in [0.717, 1.165) is 5.56 Å². The third-order valence-electron chi connectivity index (χ3n) is 5.27. The van der Waals surface area contributed by atoms with Crippen LogP contribution < -0.4 is 29.0 Å². The minimum atomic E-state index is -0.554. The maximum atomic E-state index is 14.7. The largest absolute Gasteiger partial charge is 0.497 e.